The zero-order valence-corrected chi connectivity index (χ0v) is 14.1. The van der Waals surface area contributed by atoms with E-state index in [0.29, 0.717) is 6.54 Å². The number of likely N-dealkylation sites (N-methyl/N-ethyl adjacent to an activating group) is 1. The lowest BCUT2D eigenvalue weighted by molar-refractivity contribution is -0.117. The van der Waals surface area contributed by atoms with Crippen LogP contribution >= 0.6 is 0 Å². The predicted molar refractivity (Wildman–Crippen MR) is 91.8 cm³/mol. The monoisotopic (exact) mass is 320 g/mol. The normalized spacial score (nSPS) is 21.2. The van der Waals surface area contributed by atoms with E-state index < -0.39 is 0 Å². The van der Waals surface area contributed by atoms with Crippen LogP contribution in [0.25, 0.3) is 0 Å². The topological polar surface area (TPSA) is 61.8 Å². The second-order valence-electron chi connectivity index (χ2n) is 6.04. The second kappa shape index (κ2) is 8.89. The fourth-order valence-corrected chi connectivity index (χ4v) is 2.86. The van der Waals surface area contributed by atoms with Gasteiger partial charge in [0.25, 0.3) is 0 Å². The van der Waals surface area contributed by atoms with Gasteiger partial charge in [0.15, 0.2) is 0 Å². The summed E-state index contributed by atoms with van der Waals surface area (Å²) < 4.78 is 5.86. The van der Waals surface area contributed by atoms with Crippen LogP contribution in [-0.2, 0) is 4.79 Å². The van der Waals surface area contributed by atoms with Crippen molar-refractivity contribution in [2.24, 2.45) is 0 Å². The summed E-state index contributed by atoms with van der Waals surface area (Å²) in [6, 6.07) is 7.36. The lowest BCUT2D eigenvalue weighted by Crippen LogP contribution is -2.34. The lowest BCUT2D eigenvalue weighted by Gasteiger charge is -2.28. The highest BCUT2D eigenvalue weighted by Crippen LogP contribution is 2.24. The van der Waals surface area contributed by atoms with Gasteiger partial charge in [0, 0.05) is 5.69 Å². The van der Waals surface area contributed by atoms with E-state index >= 15 is 0 Å². The molecule has 1 amide bonds. The van der Waals surface area contributed by atoms with Crippen molar-refractivity contribution in [2.45, 2.75) is 51.7 Å². The minimum atomic E-state index is -0.378. The molecule has 2 unspecified atom stereocenters. The molecule has 5 heteroatoms. The molecule has 5 nitrogen and oxygen atoms in total. The van der Waals surface area contributed by atoms with E-state index in [2.05, 4.69) is 10.2 Å². The van der Waals surface area contributed by atoms with Crippen molar-refractivity contribution in [3.05, 3.63) is 24.3 Å². The number of nitrogens with one attached hydrogen (secondary N) is 1. The number of anilines is 1. The van der Waals surface area contributed by atoms with Crippen molar-refractivity contribution in [1.29, 1.82) is 0 Å². The van der Waals surface area contributed by atoms with E-state index in [-0.39, 0.29) is 18.1 Å². The van der Waals surface area contributed by atoms with Crippen LogP contribution in [-0.4, -0.2) is 47.8 Å². The highest BCUT2D eigenvalue weighted by molar-refractivity contribution is 5.92. The Morgan fingerprint density at radius 2 is 1.87 bits per heavy atom. The maximum atomic E-state index is 12.0. The van der Waals surface area contributed by atoms with Gasteiger partial charge in [-0.3, -0.25) is 9.69 Å². The molecule has 1 aromatic rings. The maximum Gasteiger partial charge on any atom is 0.238 e. The van der Waals surface area contributed by atoms with E-state index in [1.54, 1.807) is 0 Å². The third kappa shape index (κ3) is 5.52. The molecule has 0 heterocycles. The summed E-state index contributed by atoms with van der Waals surface area (Å²) in [6.07, 6.45) is 3.37. The molecule has 2 rings (SSSR count). The first kappa shape index (κ1) is 17.8. The molecule has 0 spiro atoms. The first-order chi connectivity index (χ1) is 11.1. The highest BCUT2D eigenvalue weighted by Gasteiger charge is 2.24. The van der Waals surface area contributed by atoms with Crippen molar-refractivity contribution in [3.8, 4) is 5.75 Å². The van der Waals surface area contributed by atoms with Crippen LogP contribution in [0.1, 0.15) is 39.5 Å². The predicted octanol–water partition coefficient (Wildman–Crippen LogP) is 2.65. The molecule has 1 aromatic carbocycles. The fourth-order valence-electron chi connectivity index (χ4n) is 2.86. The maximum absolute atomic E-state index is 12.0. The average molecular weight is 320 g/mol. The molecule has 1 aliphatic rings. The molecule has 2 atom stereocenters. The Labute approximate surface area is 138 Å². The van der Waals surface area contributed by atoms with Crippen molar-refractivity contribution < 1.29 is 14.6 Å². The van der Waals surface area contributed by atoms with Crippen molar-refractivity contribution in [2.75, 3.05) is 25.0 Å². The molecule has 2 N–H and O–H groups in total. The number of aliphatic hydroxyl groups excluding tert-OH is 1. The van der Waals surface area contributed by atoms with Gasteiger partial charge in [0.1, 0.15) is 11.9 Å². The smallest absolute Gasteiger partial charge is 0.238 e. The molecule has 0 aliphatic heterocycles. The Bertz CT molecular complexity index is 486. The van der Waals surface area contributed by atoms with Crippen LogP contribution in [0, 0.1) is 0 Å². The molecular weight excluding hydrogens is 292 g/mol. The van der Waals surface area contributed by atoms with Gasteiger partial charge in [-0.15, -0.1) is 0 Å². The molecule has 1 saturated carbocycles. The number of benzene rings is 1. The number of rotatable bonds is 7. The minimum absolute atomic E-state index is 0.00919. The van der Waals surface area contributed by atoms with Gasteiger partial charge in [-0.2, -0.15) is 0 Å². The summed E-state index contributed by atoms with van der Waals surface area (Å²) in [7, 11) is 0. The van der Waals surface area contributed by atoms with Crippen molar-refractivity contribution in [3.63, 3.8) is 0 Å². The highest BCUT2D eigenvalue weighted by atomic mass is 16.5. The molecule has 0 bridgehead atoms. The van der Waals surface area contributed by atoms with Crippen LogP contribution in [0.3, 0.4) is 0 Å². The fraction of sp³-hybridized carbons (Fsp3) is 0.611. The van der Waals surface area contributed by atoms with Crippen LogP contribution < -0.4 is 10.1 Å². The number of carbonyl (C=O) groups is 1. The van der Waals surface area contributed by atoms with Gasteiger partial charge in [-0.05, 0) is 56.6 Å². The van der Waals surface area contributed by atoms with Gasteiger partial charge in [-0.25, -0.2) is 0 Å². The number of hydrogen-bond donors (Lipinski definition) is 2. The molecule has 23 heavy (non-hydrogen) atoms. The molecule has 0 radical (unpaired) electrons. The molecule has 128 valence electrons. The Balaban J connectivity index is 1.85. The van der Waals surface area contributed by atoms with E-state index in [1.165, 1.54) is 0 Å². The Hall–Kier alpha value is -1.59. The number of aliphatic hydroxyl groups is 1. The Morgan fingerprint density at radius 3 is 2.48 bits per heavy atom. The quantitative estimate of drug-likeness (QED) is 0.811. The molecular formula is C18H28N2O3. The van der Waals surface area contributed by atoms with Gasteiger partial charge in [-0.1, -0.05) is 20.3 Å². The summed E-state index contributed by atoms with van der Waals surface area (Å²) in [4.78, 5) is 14.0. The zero-order valence-electron chi connectivity index (χ0n) is 14.1. The summed E-state index contributed by atoms with van der Waals surface area (Å²) in [5, 5.41) is 12.8. The van der Waals surface area contributed by atoms with E-state index in [0.717, 1.165) is 50.2 Å². The first-order valence-corrected chi connectivity index (χ1v) is 8.59. The van der Waals surface area contributed by atoms with E-state index in [9.17, 15) is 9.90 Å². The van der Waals surface area contributed by atoms with Crippen LogP contribution in [0.15, 0.2) is 24.3 Å². The summed E-state index contributed by atoms with van der Waals surface area (Å²) >= 11 is 0. The molecule has 0 aromatic heterocycles. The zero-order chi connectivity index (χ0) is 16.7. The summed E-state index contributed by atoms with van der Waals surface area (Å²) in [6.45, 7) is 6.21. The second-order valence-corrected chi connectivity index (χ2v) is 6.04. The van der Waals surface area contributed by atoms with Gasteiger partial charge < -0.3 is 15.2 Å². The SMILES string of the molecule is CCN(CC)CC(=O)Nc1ccc(OC2CCCCC2O)cc1. The average Bonchev–Trinajstić information content (AvgIpc) is 2.56. The number of ether oxygens (including phenoxy) is 1. The van der Waals surface area contributed by atoms with Crippen LogP contribution in [0.5, 0.6) is 5.75 Å². The van der Waals surface area contributed by atoms with Gasteiger partial charge in [0.2, 0.25) is 5.91 Å². The van der Waals surface area contributed by atoms with Crippen LogP contribution in [0.2, 0.25) is 0 Å². The first-order valence-electron chi connectivity index (χ1n) is 8.59. The van der Waals surface area contributed by atoms with Crippen molar-refractivity contribution >= 4 is 11.6 Å². The van der Waals surface area contributed by atoms with E-state index in [4.69, 9.17) is 4.74 Å². The molecule has 1 aliphatic carbocycles. The summed E-state index contributed by atoms with van der Waals surface area (Å²) in [5.74, 6) is 0.725. The van der Waals surface area contributed by atoms with Gasteiger partial charge in [0.05, 0.1) is 12.6 Å². The molecule has 1 fully saturated rings. The lowest BCUT2D eigenvalue weighted by atomic mass is 9.95. The third-order valence-corrected chi connectivity index (χ3v) is 4.35. The largest absolute Gasteiger partial charge is 0.488 e. The number of hydrogen-bond acceptors (Lipinski definition) is 4. The summed E-state index contributed by atoms with van der Waals surface area (Å²) in [5.41, 5.74) is 0.763. The van der Waals surface area contributed by atoms with Crippen LogP contribution in [0.4, 0.5) is 5.69 Å². The number of nitrogens with zero attached hydrogens (tertiary/aromatic N) is 1. The Kier molecular flexibility index (Phi) is 6.86. The number of amides is 1. The number of carbonyl (C=O) groups excluding carboxylic acids is 1. The van der Waals surface area contributed by atoms with E-state index in [1.807, 2.05) is 38.1 Å². The molecule has 0 saturated heterocycles. The van der Waals surface area contributed by atoms with Crippen molar-refractivity contribution in [1.82, 2.24) is 4.90 Å². The van der Waals surface area contributed by atoms with Gasteiger partial charge >= 0.3 is 0 Å². The Morgan fingerprint density at radius 1 is 1.22 bits per heavy atom. The minimum Gasteiger partial charge on any atom is -0.488 e. The standard InChI is InChI=1S/C18H28N2O3/c1-3-20(4-2)13-18(22)19-14-9-11-15(12-10-14)23-17-8-6-5-7-16(17)21/h9-12,16-17,21H,3-8,13H2,1-2H3,(H,19,22). The third-order valence-electron chi connectivity index (χ3n) is 4.35.